The normalized spacial score (nSPS) is 14.0. The van der Waals surface area contributed by atoms with Crippen LogP contribution >= 0.6 is 12.6 Å². The van der Waals surface area contributed by atoms with Crippen LogP contribution in [0.1, 0.15) is 33.6 Å². The molecule has 0 aliphatic rings. The molecule has 0 fully saturated rings. The van der Waals surface area contributed by atoms with Crippen LogP contribution in [0, 0.1) is 0 Å². The molecule has 0 aromatic heterocycles. The minimum absolute atomic E-state index is 1.02. The van der Waals surface area contributed by atoms with Gasteiger partial charge in [0.25, 0.3) is 0 Å². The quantitative estimate of drug-likeness (QED) is 0.469. The van der Waals surface area contributed by atoms with E-state index in [4.69, 9.17) is 0 Å². The molecule has 0 aliphatic heterocycles. The van der Waals surface area contributed by atoms with Crippen molar-refractivity contribution in [3.8, 4) is 0 Å². The topological polar surface area (TPSA) is 0 Å². The van der Waals surface area contributed by atoms with Gasteiger partial charge in [0.05, 0.1) is 0 Å². The van der Waals surface area contributed by atoms with E-state index in [1.54, 1.807) is 0 Å². The first kappa shape index (κ1) is 9.83. The molecule has 0 atom stereocenters. The van der Waals surface area contributed by atoms with Crippen molar-refractivity contribution in [2.24, 2.45) is 0 Å². The molecule has 0 unspecified atom stereocenters. The highest BCUT2D eigenvalue weighted by molar-refractivity contribution is 7.84. The lowest BCUT2D eigenvalue weighted by Crippen LogP contribution is -1.70. The molecule has 0 N–H and O–H groups in total. The van der Waals surface area contributed by atoms with Crippen LogP contribution < -0.4 is 0 Å². The monoisotopic (exact) mass is 156 g/mol. The number of hydrogen-bond acceptors (Lipinski definition) is 1. The van der Waals surface area contributed by atoms with Gasteiger partial charge in [0.15, 0.2) is 0 Å². The molecule has 58 valence electrons. The van der Waals surface area contributed by atoms with Crippen LogP contribution in [0.3, 0.4) is 0 Å². The summed E-state index contributed by atoms with van der Waals surface area (Å²) in [5.41, 5.74) is 1.40. The predicted octanol–water partition coefficient (Wildman–Crippen LogP) is 3.57. The van der Waals surface area contributed by atoms with Gasteiger partial charge in [0.1, 0.15) is 0 Å². The van der Waals surface area contributed by atoms with Crippen molar-refractivity contribution in [2.75, 3.05) is 0 Å². The summed E-state index contributed by atoms with van der Waals surface area (Å²) in [6.45, 7) is 6.39. The highest BCUT2D eigenvalue weighted by Gasteiger charge is 1.82. The first-order valence-corrected chi connectivity index (χ1v) is 4.20. The van der Waals surface area contributed by atoms with Gasteiger partial charge in [0.2, 0.25) is 0 Å². The summed E-state index contributed by atoms with van der Waals surface area (Å²) in [6.07, 6.45) is 6.35. The molecular weight excluding hydrogens is 140 g/mol. The molecule has 0 heterocycles. The average Bonchev–Trinajstić information content (AvgIpc) is 1.99. The van der Waals surface area contributed by atoms with E-state index in [1.165, 1.54) is 5.57 Å². The average molecular weight is 156 g/mol. The van der Waals surface area contributed by atoms with E-state index in [-0.39, 0.29) is 0 Å². The fourth-order valence-corrected chi connectivity index (χ4v) is 0.549. The van der Waals surface area contributed by atoms with Crippen LogP contribution in [0.4, 0.5) is 0 Å². The van der Waals surface area contributed by atoms with Crippen molar-refractivity contribution in [1.82, 2.24) is 0 Å². The lowest BCUT2D eigenvalue weighted by Gasteiger charge is -1.92. The lowest BCUT2D eigenvalue weighted by atomic mass is 10.2. The molecule has 0 radical (unpaired) electrons. The maximum absolute atomic E-state index is 4.26. The number of hydrogen-bond donors (Lipinski definition) is 1. The number of allylic oxidation sites excluding steroid dienone is 4. The molecule has 1 heteroatoms. The third-order valence-electron chi connectivity index (χ3n) is 1.48. The second kappa shape index (κ2) is 5.60. The Morgan fingerprint density at radius 2 is 1.80 bits per heavy atom. The molecule has 0 saturated heterocycles. The molecule has 0 bridgehead atoms. The van der Waals surface area contributed by atoms with Crippen molar-refractivity contribution in [2.45, 2.75) is 33.6 Å². The molecule has 0 saturated carbocycles. The Labute approximate surface area is 69.4 Å². The second-order valence-corrected chi connectivity index (χ2v) is 2.95. The van der Waals surface area contributed by atoms with E-state index in [1.807, 2.05) is 0 Å². The zero-order valence-corrected chi connectivity index (χ0v) is 7.91. The zero-order chi connectivity index (χ0) is 7.98. The van der Waals surface area contributed by atoms with Gasteiger partial charge in [0, 0.05) is 0 Å². The van der Waals surface area contributed by atoms with Crippen LogP contribution in [0.2, 0.25) is 0 Å². The minimum atomic E-state index is 1.02. The number of thiol groups is 1. The molecular formula is C9H16S. The van der Waals surface area contributed by atoms with E-state index in [9.17, 15) is 0 Å². The summed E-state index contributed by atoms with van der Waals surface area (Å²) in [5, 5.41) is 0. The summed E-state index contributed by atoms with van der Waals surface area (Å²) < 4.78 is 0. The van der Waals surface area contributed by atoms with Crippen molar-refractivity contribution in [3.05, 3.63) is 22.6 Å². The first-order chi connectivity index (χ1) is 4.70. The molecule has 0 amide bonds. The predicted molar refractivity (Wildman–Crippen MR) is 51.4 cm³/mol. The lowest BCUT2D eigenvalue weighted by molar-refractivity contribution is 1.10. The minimum Gasteiger partial charge on any atom is -0.148 e. The van der Waals surface area contributed by atoms with Gasteiger partial charge >= 0.3 is 0 Å². The van der Waals surface area contributed by atoms with Gasteiger partial charge in [-0.2, -0.15) is 0 Å². The Balaban J connectivity index is 3.91. The fraction of sp³-hybridized carbons (Fsp3) is 0.556. The molecule has 0 aromatic rings. The van der Waals surface area contributed by atoms with Crippen molar-refractivity contribution in [3.63, 3.8) is 0 Å². The van der Waals surface area contributed by atoms with E-state index in [2.05, 4.69) is 45.6 Å². The summed E-state index contributed by atoms with van der Waals surface area (Å²) in [7, 11) is 0. The van der Waals surface area contributed by atoms with Crippen LogP contribution in [0.5, 0.6) is 0 Å². The van der Waals surface area contributed by atoms with E-state index in [0.29, 0.717) is 0 Å². The van der Waals surface area contributed by atoms with E-state index >= 15 is 0 Å². The van der Waals surface area contributed by atoms with Gasteiger partial charge < -0.3 is 0 Å². The van der Waals surface area contributed by atoms with Crippen molar-refractivity contribution in [1.29, 1.82) is 0 Å². The van der Waals surface area contributed by atoms with Gasteiger partial charge in [-0.05, 0) is 24.7 Å². The highest BCUT2D eigenvalue weighted by Crippen LogP contribution is 2.07. The van der Waals surface area contributed by atoms with Crippen molar-refractivity contribution >= 4 is 12.6 Å². The Hall–Kier alpha value is -0.170. The van der Waals surface area contributed by atoms with Gasteiger partial charge in [-0.15, -0.1) is 12.6 Å². The Morgan fingerprint density at radius 1 is 1.20 bits per heavy atom. The van der Waals surface area contributed by atoms with Gasteiger partial charge in [-0.25, -0.2) is 0 Å². The molecule has 0 aliphatic carbocycles. The smallest absolute Gasteiger partial charge is 0.0187 e. The molecule has 10 heavy (non-hydrogen) atoms. The zero-order valence-electron chi connectivity index (χ0n) is 7.02. The molecule has 0 spiro atoms. The second-order valence-electron chi connectivity index (χ2n) is 2.38. The summed E-state index contributed by atoms with van der Waals surface area (Å²) in [5.74, 6) is 0. The molecule has 0 nitrogen and oxygen atoms in total. The van der Waals surface area contributed by atoms with Crippen molar-refractivity contribution < 1.29 is 0 Å². The standard InChI is InChI=1S/C9H16S/c1-4-8(3)6-7-9(10)5-2/h6-7,10H,4-5H2,1-3H3/b8-6-,9-7+. The van der Waals surface area contributed by atoms with Gasteiger partial charge in [-0.1, -0.05) is 31.6 Å². The Morgan fingerprint density at radius 3 is 2.20 bits per heavy atom. The largest absolute Gasteiger partial charge is 0.148 e. The fourth-order valence-electron chi connectivity index (χ4n) is 0.474. The SMILES string of the molecule is CC/C(C)=C\C=C(\S)CC. The maximum atomic E-state index is 4.26. The Kier molecular flexibility index (Phi) is 5.51. The third kappa shape index (κ3) is 4.68. The van der Waals surface area contributed by atoms with Crippen LogP contribution in [-0.4, -0.2) is 0 Å². The Bertz CT molecular complexity index is 125. The van der Waals surface area contributed by atoms with Gasteiger partial charge in [-0.3, -0.25) is 0 Å². The van der Waals surface area contributed by atoms with Crippen LogP contribution in [0.15, 0.2) is 22.6 Å². The molecule has 0 rings (SSSR count). The summed E-state index contributed by atoms with van der Waals surface area (Å²) in [6, 6.07) is 0. The van der Waals surface area contributed by atoms with Crippen LogP contribution in [0.25, 0.3) is 0 Å². The first-order valence-electron chi connectivity index (χ1n) is 3.76. The van der Waals surface area contributed by atoms with E-state index in [0.717, 1.165) is 17.7 Å². The number of rotatable bonds is 3. The summed E-state index contributed by atoms with van der Waals surface area (Å²) >= 11 is 4.26. The van der Waals surface area contributed by atoms with Crippen LogP contribution in [-0.2, 0) is 0 Å². The highest BCUT2D eigenvalue weighted by atomic mass is 32.1. The third-order valence-corrected chi connectivity index (χ3v) is 1.95. The van der Waals surface area contributed by atoms with E-state index < -0.39 is 0 Å². The molecule has 0 aromatic carbocycles. The maximum Gasteiger partial charge on any atom is -0.0187 e. The summed E-state index contributed by atoms with van der Waals surface area (Å²) in [4.78, 5) is 1.15.